The summed E-state index contributed by atoms with van der Waals surface area (Å²) in [5.74, 6) is 0.0378. The third-order valence-corrected chi connectivity index (χ3v) is 7.63. The molecule has 2 aromatic rings. The predicted octanol–water partition coefficient (Wildman–Crippen LogP) is 0.0926. The summed E-state index contributed by atoms with van der Waals surface area (Å²) < 4.78 is 59.7. The first-order valence-corrected chi connectivity index (χ1v) is 12.8. The second kappa shape index (κ2) is 10.4. The van der Waals surface area contributed by atoms with E-state index >= 15 is 0 Å². The molecule has 1 aliphatic rings. The summed E-state index contributed by atoms with van der Waals surface area (Å²) in [4.78, 5) is 12.2. The molecule has 0 unspecified atom stereocenters. The summed E-state index contributed by atoms with van der Waals surface area (Å²) in [6.45, 7) is 1.49. The Hall–Kier alpha value is -2.51. The third kappa shape index (κ3) is 6.50. The van der Waals surface area contributed by atoms with Crippen molar-refractivity contribution in [2.75, 3.05) is 39.5 Å². The maximum atomic E-state index is 12.6. The van der Waals surface area contributed by atoms with Crippen molar-refractivity contribution in [2.24, 2.45) is 5.14 Å². The Morgan fingerprint density at radius 2 is 1.56 bits per heavy atom. The quantitative estimate of drug-likeness (QED) is 0.514. The summed E-state index contributed by atoms with van der Waals surface area (Å²) in [5, 5.41) is 7.76. The number of rotatable bonds is 9. The molecule has 10 nitrogen and oxygen atoms in total. The molecule has 12 heteroatoms. The van der Waals surface area contributed by atoms with Crippen LogP contribution in [0.3, 0.4) is 0 Å². The average molecular weight is 484 g/mol. The fraction of sp³-hybridized carbons (Fsp3) is 0.350. The van der Waals surface area contributed by atoms with Crippen molar-refractivity contribution in [3.05, 3.63) is 54.1 Å². The molecular formula is C20H25N3O7S2. The molecule has 0 atom stereocenters. The molecule has 3 rings (SSSR count). The Labute approximate surface area is 187 Å². The standard InChI is InChI=1S/C20H25N3O7S2/c21-31(25,26)18-5-1-16(2-6-18)9-10-22-20(24)15-30-17-3-7-19(8-4-17)32(27,28)23-11-13-29-14-12-23/h1-8H,9-15H2,(H,22,24)(H2,21,25,26). The van der Waals surface area contributed by atoms with Crippen LogP contribution in [0.2, 0.25) is 0 Å². The van der Waals surface area contributed by atoms with Gasteiger partial charge in [-0.1, -0.05) is 12.1 Å². The highest BCUT2D eigenvalue weighted by Gasteiger charge is 2.26. The molecule has 0 aromatic heterocycles. The van der Waals surface area contributed by atoms with Gasteiger partial charge in [0.05, 0.1) is 23.0 Å². The van der Waals surface area contributed by atoms with Crippen LogP contribution in [0.25, 0.3) is 0 Å². The number of morpholine rings is 1. The molecule has 1 aliphatic heterocycles. The smallest absolute Gasteiger partial charge is 0.257 e. The number of benzene rings is 2. The van der Waals surface area contributed by atoms with Gasteiger partial charge < -0.3 is 14.8 Å². The van der Waals surface area contributed by atoms with E-state index in [0.717, 1.165) is 5.56 Å². The van der Waals surface area contributed by atoms with Gasteiger partial charge in [0, 0.05) is 19.6 Å². The highest BCUT2D eigenvalue weighted by Crippen LogP contribution is 2.20. The van der Waals surface area contributed by atoms with Crippen LogP contribution in [0.5, 0.6) is 5.75 Å². The number of carbonyl (C=O) groups is 1. The van der Waals surface area contributed by atoms with E-state index in [2.05, 4.69) is 5.32 Å². The zero-order chi connectivity index (χ0) is 23.2. The molecule has 0 saturated carbocycles. The lowest BCUT2D eigenvalue weighted by Gasteiger charge is -2.26. The van der Waals surface area contributed by atoms with Crippen LogP contribution in [0.1, 0.15) is 5.56 Å². The molecule has 0 spiro atoms. The summed E-state index contributed by atoms with van der Waals surface area (Å²) in [5.41, 5.74) is 0.843. The average Bonchev–Trinajstić information content (AvgIpc) is 2.78. The Morgan fingerprint density at radius 3 is 2.16 bits per heavy atom. The van der Waals surface area contributed by atoms with Crippen LogP contribution in [0.4, 0.5) is 0 Å². The maximum absolute atomic E-state index is 12.6. The second-order valence-electron chi connectivity index (χ2n) is 7.07. The van der Waals surface area contributed by atoms with E-state index in [1.54, 1.807) is 12.1 Å². The fourth-order valence-corrected chi connectivity index (χ4v) is 4.96. The zero-order valence-electron chi connectivity index (χ0n) is 17.3. The van der Waals surface area contributed by atoms with Crippen molar-refractivity contribution in [3.8, 4) is 5.75 Å². The molecule has 3 N–H and O–H groups in total. The normalized spacial score (nSPS) is 15.3. The van der Waals surface area contributed by atoms with E-state index in [1.807, 2.05) is 0 Å². The first-order valence-electron chi connectivity index (χ1n) is 9.85. The number of amides is 1. The van der Waals surface area contributed by atoms with E-state index in [1.165, 1.54) is 40.7 Å². The van der Waals surface area contributed by atoms with Gasteiger partial charge in [-0.2, -0.15) is 4.31 Å². The Balaban J connectivity index is 1.44. The summed E-state index contributed by atoms with van der Waals surface area (Å²) in [6, 6.07) is 12.0. The zero-order valence-corrected chi connectivity index (χ0v) is 18.9. The van der Waals surface area contributed by atoms with Gasteiger partial charge in [0.1, 0.15) is 5.75 Å². The SMILES string of the molecule is NS(=O)(=O)c1ccc(CCNC(=O)COc2ccc(S(=O)(=O)N3CCOCC3)cc2)cc1. The molecule has 1 heterocycles. The summed E-state index contributed by atoms with van der Waals surface area (Å²) in [7, 11) is -7.31. The van der Waals surface area contributed by atoms with Crippen molar-refractivity contribution in [2.45, 2.75) is 16.2 Å². The number of nitrogens with one attached hydrogen (secondary N) is 1. The third-order valence-electron chi connectivity index (χ3n) is 4.79. The van der Waals surface area contributed by atoms with E-state index < -0.39 is 20.0 Å². The number of sulfonamides is 2. The fourth-order valence-electron chi connectivity index (χ4n) is 3.04. The molecule has 0 radical (unpaired) electrons. The van der Waals surface area contributed by atoms with E-state index in [9.17, 15) is 21.6 Å². The number of hydrogen-bond donors (Lipinski definition) is 2. The number of ether oxygens (including phenoxy) is 2. The van der Waals surface area contributed by atoms with Crippen LogP contribution in [0, 0.1) is 0 Å². The highest BCUT2D eigenvalue weighted by molar-refractivity contribution is 7.89. The van der Waals surface area contributed by atoms with E-state index in [-0.39, 0.29) is 22.3 Å². The van der Waals surface area contributed by atoms with Crippen molar-refractivity contribution in [1.82, 2.24) is 9.62 Å². The van der Waals surface area contributed by atoms with Crippen LogP contribution >= 0.6 is 0 Å². The topological polar surface area (TPSA) is 145 Å². The van der Waals surface area contributed by atoms with Crippen molar-refractivity contribution >= 4 is 26.0 Å². The van der Waals surface area contributed by atoms with Crippen LogP contribution in [-0.2, 0) is 36.0 Å². The number of carbonyl (C=O) groups excluding carboxylic acids is 1. The van der Waals surface area contributed by atoms with Gasteiger partial charge in [0.2, 0.25) is 20.0 Å². The van der Waals surface area contributed by atoms with Gasteiger partial charge in [-0.15, -0.1) is 0 Å². The summed E-state index contributed by atoms with van der Waals surface area (Å²) >= 11 is 0. The first-order chi connectivity index (χ1) is 15.2. The Kier molecular flexibility index (Phi) is 7.85. The monoisotopic (exact) mass is 483 g/mol. The number of nitrogens with zero attached hydrogens (tertiary/aromatic N) is 1. The molecule has 0 aliphatic carbocycles. The van der Waals surface area contributed by atoms with Crippen molar-refractivity contribution < 1.29 is 31.1 Å². The van der Waals surface area contributed by atoms with Crippen LogP contribution in [0.15, 0.2) is 58.3 Å². The van der Waals surface area contributed by atoms with E-state index in [4.69, 9.17) is 14.6 Å². The minimum Gasteiger partial charge on any atom is -0.484 e. The largest absolute Gasteiger partial charge is 0.484 e. The van der Waals surface area contributed by atoms with Crippen molar-refractivity contribution in [1.29, 1.82) is 0 Å². The number of hydrogen-bond acceptors (Lipinski definition) is 7. The lowest BCUT2D eigenvalue weighted by molar-refractivity contribution is -0.123. The first kappa shape index (κ1) is 24.1. The van der Waals surface area contributed by atoms with Gasteiger partial charge in [-0.25, -0.2) is 22.0 Å². The van der Waals surface area contributed by atoms with Gasteiger partial charge in [-0.3, -0.25) is 4.79 Å². The Morgan fingerprint density at radius 1 is 0.969 bits per heavy atom. The molecule has 2 aromatic carbocycles. The molecular weight excluding hydrogens is 458 g/mol. The molecule has 1 saturated heterocycles. The maximum Gasteiger partial charge on any atom is 0.257 e. The lowest BCUT2D eigenvalue weighted by atomic mass is 10.1. The van der Waals surface area contributed by atoms with Gasteiger partial charge in [-0.05, 0) is 48.4 Å². The summed E-state index contributed by atoms with van der Waals surface area (Å²) in [6.07, 6.45) is 0.505. The lowest BCUT2D eigenvalue weighted by Crippen LogP contribution is -2.40. The highest BCUT2D eigenvalue weighted by atomic mass is 32.2. The van der Waals surface area contributed by atoms with Gasteiger partial charge >= 0.3 is 0 Å². The van der Waals surface area contributed by atoms with Gasteiger partial charge in [0.25, 0.3) is 5.91 Å². The second-order valence-corrected chi connectivity index (χ2v) is 10.6. The molecule has 174 valence electrons. The minimum absolute atomic E-state index is 0.0300. The van der Waals surface area contributed by atoms with Crippen LogP contribution in [-0.4, -0.2) is 66.5 Å². The molecule has 0 bridgehead atoms. The molecule has 32 heavy (non-hydrogen) atoms. The van der Waals surface area contributed by atoms with Gasteiger partial charge in [0.15, 0.2) is 6.61 Å². The predicted molar refractivity (Wildman–Crippen MR) is 116 cm³/mol. The molecule has 1 fully saturated rings. The van der Waals surface area contributed by atoms with Crippen molar-refractivity contribution in [3.63, 3.8) is 0 Å². The number of primary sulfonamides is 1. The molecule has 1 amide bonds. The minimum atomic E-state index is -3.73. The van der Waals surface area contributed by atoms with E-state index in [0.29, 0.717) is 45.0 Å². The Bertz CT molecular complexity index is 1130. The number of nitrogens with two attached hydrogens (primary N) is 1. The van der Waals surface area contributed by atoms with Crippen LogP contribution < -0.4 is 15.2 Å².